The van der Waals surface area contributed by atoms with Crippen molar-refractivity contribution in [1.82, 2.24) is 0 Å². The summed E-state index contributed by atoms with van der Waals surface area (Å²) in [4.78, 5) is 0. The normalized spacial score (nSPS) is 20.4. The Balaban J connectivity index is 3.01. The molecular weight excluding hydrogens is 151 g/mol. The number of halogens is 2. The molecule has 0 heterocycles. The molecule has 0 saturated heterocycles. The van der Waals surface area contributed by atoms with E-state index in [9.17, 15) is 4.39 Å². The van der Waals surface area contributed by atoms with Crippen LogP contribution in [0, 0.1) is 0 Å². The highest BCUT2D eigenvalue weighted by atomic mass is 35.5. The maximum Gasteiger partial charge on any atom is 0.126 e. The summed E-state index contributed by atoms with van der Waals surface area (Å²) in [5.41, 5.74) is 1.44. The van der Waals surface area contributed by atoms with E-state index in [1.165, 1.54) is 0 Å². The molecule has 0 saturated carbocycles. The fourth-order valence-corrected chi connectivity index (χ4v) is 1.21. The van der Waals surface area contributed by atoms with E-state index < -0.39 is 0 Å². The van der Waals surface area contributed by atoms with E-state index in [1.807, 2.05) is 6.92 Å². The molecule has 0 aliphatic heterocycles. The molecule has 2 heteroatoms. The first kappa shape index (κ1) is 7.80. The van der Waals surface area contributed by atoms with E-state index in [-0.39, 0.29) is 5.83 Å². The van der Waals surface area contributed by atoms with Crippen molar-refractivity contribution >= 4 is 11.6 Å². The Morgan fingerprint density at radius 1 is 1.30 bits per heavy atom. The Bertz CT molecular complexity index is 189. The third kappa shape index (κ3) is 1.24. The molecule has 0 aromatic carbocycles. The minimum absolute atomic E-state index is 0.115. The number of hydrogen-bond donors (Lipinski definition) is 0. The van der Waals surface area contributed by atoms with Crippen molar-refractivity contribution in [3.63, 3.8) is 0 Å². The topological polar surface area (TPSA) is 0 Å². The van der Waals surface area contributed by atoms with Crippen LogP contribution >= 0.6 is 11.6 Å². The Morgan fingerprint density at radius 2 is 1.90 bits per heavy atom. The molecule has 1 rings (SSSR count). The summed E-state index contributed by atoms with van der Waals surface area (Å²) in [6.07, 6.45) is 1.56. The van der Waals surface area contributed by atoms with Gasteiger partial charge in [-0.15, -0.1) is 0 Å². The van der Waals surface area contributed by atoms with Gasteiger partial charge < -0.3 is 0 Å². The Morgan fingerprint density at radius 3 is 2.40 bits per heavy atom. The average molecular weight is 161 g/mol. The van der Waals surface area contributed by atoms with Crippen molar-refractivity contribution in [2.24, 2.45) is 0 Å². The van der Waals surface area contributed by atoms with Gasteiger partial charge in [0.2, 0.25) is 0 Å². The fourth-order valence-electron chi connectivity index (χ4n) is 1.03. The van der Waals surface area contributed by atoms with Gasteiger partial charge in [-0.2, -0.15) is 0 Å². The van der Waals surface area contributed by atoms with Crippen LogP contribution < -0.4 is 0 Å². The van der Waals surface area contributed by atoms with Crippen LogP contribution in [0.1, 0.15) is 26.7 Å². The fraction of sp³-hybridized carbons (Fsp3) is 0.500. The lowest BCUT2D eigenvalue weighted by Gasteiger charge is -2.12. The highest BCUT2D eigenvalue weighted by molar-refractivity contribution is 6.30. The molecule has 0 amide bonds. The standard InChI is InChI=1S/C8H10ClF/c1-5-3-4-7(9)6(2)8(5)10/h3-4H2,1-2H3. The molecule has 0 aromatic heterocycles. The molecule has 0 spiro atoms. The molecule has 0 fully saturated rings. The summed E-state index contributed by atoms with van der Waals surface area (Å²) in [6.45, 7) is 3.53. The number of rotatable bonds is 0. The van der Waals surface area contributed by atoms with Crippen LogP contribution in [0.2, 0.25) is 0 Å². The van der Waals surface area contributed by atoms with Crippen molar-refractivity contribution in [3.05, 3.63) is 22.0 Å². The Labute approximate surface area is 65.4 Å². The summed E-state index contributed by atoms with van der Waals surface area (Å²) in [5.74, 6) is -0.115. The summed E-state index contributed by atoms with van der Waals surface area (Å²) >= 11 is 5.73. The maximum absolute atomic E-state index is 13.0. The minimum Gasteiger partial charge on any atom is -0.207 e. The van der Waals surface area contributed by atoms with Crippen LogP contribution in [0.25, 0.3) is 0 Å². The predicted octanol–water partition coefficient (Wildman–Crippen LogP) is 3.54. The molecule has 1 aliphatic rings. The van der Waals surface area contributed by atoms with Crippen molar-refractivity contribution in [3.8, 4) is 0 Å². The molecule has 56 valence electrons. The van der Waals surface area contributed by atoms with Gasteiger partial charge in [0.15, 0.2) is 0 Å². The molecule has 10 heavy (non-hydrogen) atoms. The minimum atomic E-state index is -0.115. The van der Waals surface area contributed by atoms with Crippen molar-refractivity contribution in [2.75, 3.05) is 0 Å². The molecular formula is C8H10ClF. The van der Waals surface area contributed by atoms with E-state index in [1.54, 1.807) is 6.92 Å². The van der Waals surface area contributed by atoms with Crippen molar-refractivity contribution in [2.45, 2.75) is 26.7 Å². The monoisotopic (exact) mass is 160 g/mol. The number of hydrogen-bond acceptors (Lipinski definition) is 0. The van der Waals surface area contributed by atoms with Gasteiger partial charge in [-0.3, -0.25) is 0 Å². The molecule has 0 radical (unpaired) electrons. The van der Waals surface area contributed by atoms with Gasteiger partial charge in [0, 0.05) is 5.03 Å². The van der Waals surface area contributed by atoms with Crippen LogP contribution in [0.3, 0.4) is 0 Å². The van der Waals surface area contributed by atoms with E-state index in [4.69, 9.17) is 11.6 Å². The van der Waals surface area contributed by atoms with E-state index in [0.29, 0.717) is 10.6 Å². The second-order valence-electron chi connectivity index (χ2n) is 2.62. The zero-order valence-corrected chi connectivity index (χ0v) is 6.93. The quantitative estimate of drug-likeness (QED) is 0.509. The van der Waals surface area contributed by atoms with Gasteiger partial charge in [-0.1, -0.05) is 11.6 Å². The first-order chi connectivity index (χ1) is 4.63. The largest absolute Gasteiger partial charge is 0.207 e. The summed E-state index contributed by atoms with van der Waals surface area (Å²) < 4.78 is 13.0. The van der Waals surface area contributed by atoms with Gasteiger partial charge in [-0.05, 0) is 37.8 Å². The molecule has 0 N–H and O–H groups in total. The Hall–Kier alpha value is -0.300. The lowest BCUT2D eigenvalue weighted by atomic mass is 10.0. The summed E-state index contributed by atoms with van der Waals surface area (Å²) in [7, 11) is 0. The van der Waals surface area contributed by atoms with Gasteiger partial charge in [0.05, 0.1) is 0 Å². The third-order valence-electron chi connectivity index (χ3n) is 1.83. The second-order valence-corrected chi connectivity index (χ2v) is 3.08. The predicted molar refractivity (Wildman–Crippen MR) is 41.6 cm³/mol. The van der Waals surface area contributed by atoms with E-state index in [2.05, 4.69) is 0 Å². The summed E-state index contributed by atoms with van der Waals surface area (Å²) in [6, 6.07) is 0. The van der Waals surface area contributed by atoms with E-state index >= 15 is 0 Å². The molecule has 0 atom stereocenters. The zero-order chi connectivity index (χ0) is 7.72. The average Bonchev–Trinajstić information content (AvgIpc) is 1.93. The highest BCUT2D eigenvalue weighted by Crippen LogP contribution is 2.32. The van der Waals surface area contributed by atoms with Crippen molar-refractivity contribution in [1.29, 1.82) is 0 Å². The van der Waals surface area contributed by atoms with Gasteiger partial charge in [-0.25, -0.2) is 4.39 Å². The first-order valence-electron chi connectivity index (χ1n) is 3.34. The lowest BCUT2D eigenvalue weighted by molar-refractivity contribution is 0.617. The molecule has 0 aromatic rings. The van der Waals surface area contributed by atoms with Gasteiger partial charge >= 0.3 is 0 Å². The highest BCUT2D eigenvalue weighted by Gasteiger charge is 2.13. The maximum atomic E-state index is 13.0. The SMILES string of the molecule is CC1=C(F)C(C)=C(Cl)CC1. The first-order valence-corrected chi connectivity index (χ1v) is 3.71. The summed E-state index contributed by atoms with van der Waals surface area (Å²) in [5, 5.41) is 0.670. The van der Waals surface area contributed by atoms with Crippen LogP contribution in [-0.4, -0.2) is 0 Å². The number of allylic oxidation sites excluding steroid dienone is 4. The van der Waals surface area contributed by atoms with Crippen LogP contribution in [0.5, 0.6) is 0 Å². The molecule has 0 bridgehead atoms. The molecule has 1 aliphatic carbocycles. The van der Waals surface area contributed by atoms with E-state index in [0.717, 1.165) is 18.4 Å². The molecule has 0 nitrogen and oxygen atoms in total. The van der Waals surface area contributed by atoms with Gasteiger partial charge in [0.1, 0.15) is 5.83 Å². The lowest BCUT2D eigenvalue weighted by Crippen LogP contribution is -1.95. The van der Waals surface area contributed by atoms with Crippen LogP contribution in [0.4, 0.5) is 4.39 Å². The van der Waals surface area contributed by atoms with Crippen molar-refractivity contribution < 1.29 is 4.39 Å². The van der Waals surface area contributed by atoms with Crippen LogP contribution in [0.15, 0.2) is 22.0 Å². The molecule has 0 unspecified atom stereocenters. The van der Waals surface area contributed by atoms with Crippen LogP contribution in [-0.2, 0) is 0 Å². The smallest absolute Gasteiger partial charge is 0.126 e. The van der Waals surface area contributed by atoms with Gasteiger partial charge in [0.25, 0.3) is 0 Å². The second kappa shape index (κ2) is 2.75. The Kier molecular flexibility index (Phi) is 2.14. The zero-order valence-electron chi connectivity index (χ0n) is 6.17. The third-order valence-corrected chi connectivity index (χ3v) is 2.30.